The van der Waals surface area contributed by atoms with Gasteiger partial charge in [-0.2, -0.15) is 0 Å². The van der Waals surface area contributed by atoms with Gasteiger partial charge in [0.1, 0.15) is 5.75 Å². The topological polar surface area (TPSA) is 35.2 Å². The molecule has 0 spiro atoms. The Morgan fingerprint density at radius 2 is 2.29 bits per heavy atom. The molecule has 0 unspecified atom stereocenters. The molecule has 0 fully saturated rings. The molecule has 0 heterocycles. The average molecular weight is 303 g/mol. The summed E-state index contributed by atoms with van der Waals surface area (Å²) in [5.74, 6) is 1.00. The molecule has 2 N–H and O–H groups in total. The predicted molar refractivity (Wildman–Crippen MR) is 65.6 cm³/mol. The minimum atomic E-state index is 0.197. The van der Waals surface area contributed by atoms with E-state index in [9.17, 15) is 0 Å². The lowest BCUT2D eigenvalue weighted by Crippen LogP contribution is -2.18. The molecule has 1 aliphatic carbocycles. The molecule has 0 amide bonds. The molecule has 76 valence electrons. The number of fused-ring (bicyclic) bond motifs is 1. The summed E-state index contributed by atoms with van der Waals surface area (Å²) in [7, 11) is 1.73. The number of halogens is 1. The van der Waals surface area contributed by atoms with E-state index in [1.165, 1.54) is 21.1 Å². The largest absolute Gasteiger partial charge is 0.496 e. The van der Waals surface area contributed by atoms with Gasteiger partial charge in [0.2, 0.25) is 0 Å². The lowest BCUT2D eigenvalue weighted by Gasteiger charge is -2.24. The zero-order valence-corrected chi connectivity index (χ0v) is 10.4. The maximum Gasteiger partial charge on any atom is 0.123 e. The molecule has 2 nitrogen and oxygen atoms in total. The van der Waals surface area contributed by atoms with Gasteiger partial charge >= 0.3 is 0 Å². The Balaban J connectivity index is 2.54. The summed E-state index contributed by atoms with van der Waals surface area (Å²) < 4.78 is 6.59. The van der Waals surface area contributed by atoms with E-state index in [1.54, 1.807) is 7.11 Å². The quantitative estimate of drug-likeness (QED) is 0.810. The first-order valence-electron chi connectivity index (χ1n) is 4.84. The highest BCUT2D eigenvalue weighted by atomic mass is 127. The van der Waals surface area contributed by atoms with Gasteiger partial charge in [0.05, 0.1) is 7.11 Å². The number of methoxy groups -OCH3 is 1. The van der Waals surface area contributed by atoms with Gasteiger partial charge in [-0.25, -0.2) is 0 Å². The van der Waals surface area contributed by atoms with Crippen molar-refractivity contribution in [3.05, 3.63) is 26.8 Å². The van der Waals surface area contributed by atoms with Crippen molar-refractivity contribution in [3.8, 4) is 5.75 Å². The Kier molecular flexibility index (Phi) is 2.97. The molecule has 0 aliphatic heterocycles. The molecule has 0 radical (unpaired) electrons. The lowest BCUT2D eigenvalue weighted by atomic mass is 9.88. The van der Waals surface area contributed by atoms with Gasteiger partial charge in [-0.3, -0.25) is 0 Å². The number of ether oxygens (including phenoxy) is 1. The van der Waals surface area contributed by atoms with Crippen molar-refractivity contribution < 1.29 is 4.74 Å². The molecule has 0 bridgehead atoms. The van der Waals surface area contributed by atoms with Gasteiger partial charge in [0.25, 0.3) is 0 Å². The second-order valence-electron chi connectivity index (χ2n) is 3.67. The Hall–Kier alpha value is -0.290. The molecular weight excluding hydrogens is 289 g/mol. The van der Waals surface area contributed by atoms with Crippen molar-refractivity contribution in [3.63, 3.8) is 0 Å². The van der Waals surface area contributed by atoms with Crippen molar-refractivity contribution in [2.24, 2.45) is 5.73 Å². The van der Waals surface area contributed by atoms with Crippen molar-refractivity contribution in [2.45, 2.75) is 25.3 Å². The van der Waals surface area contributed by atoms with E-state index in [2.05, 4.69) is 34.7 Å². The van der Waals surface area contributed by atoms with Gasteiger partial charge in [0, 0.05) is 9.61 Å². The number of nitrogens with two attached hydrogens (primary N) is 1. The third-order valence-electron chi connectivity index (χ3n) is 2.77. The smallest absolute Gasteiger partial charge is 0.123 e. The second kappa shape index (κ2) is 4.06. The fourth-order valence-corrected chi connectivity index (χ4v) is 2.69. The van der Waals surface area contributed by atoms with E-state index in [1.807, 2.05) is 0 Å². The molecule has 1 aromatic carbocycles. The second-order valence-corrected chi connectivity index (χ2v) is 4.92. The van der Waals surface area contributed by atoms with Crippen LogP contribution in [0.1, 0.15) is 30.0 Å². The van der Waals surface area contributed by atoms with Crippen molar-refractivity contribution in [1.29, 1.82) is 0 Å². The summed E-state index contributed by atoms with van der Waals surface area (Å²) in [6.45, 7) is 0. The summed E-state index contributed by atoms with van der Waals surface area (Å²) in [5, 5.41) is 0. The summed E-state index contributed by atoms with van der Waals surface area (Å²) in [6.07, 6.45) is 3.37. The van der Waals surface area contributed by atoms with Crippen LogP contribution >= 0.6 is 22.6 Å². The van der Waals surface area contributed by atoms with Crippen LogP contribution in [0, 0.1) is 3.57 Å². The van der Waals surface area contributed by atoms with Crippen molar-refractivity contribution >= 4 is 22.6 Å². The molecule has 0 saturated carbocycles. The predicted octanol–water partition coefficient (Wildman–Crippen LogP) is 2.64. The Bertz CT molecular complexity index is 351. The number of benzene rings is 1. The summed E-state index contributed by atoms with van der Waals surface area (Å²) in [6, 6.07) is 4.46. The monoisotopic (exact) mass is 303 g/mol. The van der Waals surface area contributed by atoms with Crippen LogP contribution < -0.4 is 10.5 Å². The molecule has 1 atom stereocenters. The molecular formula is C11H14INO. The molecule has 0 aromatic heterocycles. The standard InChI is InChI=1S/C11H14INO/c1-14-11-6-7(12)5-9-8(11)3-2-4-10(9)13/h5-6,10H,2-4,13H2,1H3/t10-/m0/s1. The van der Waals surface area contributed by atoms with Crippen LogP contribution in [0.25, 0.3) is 0 Å². The normalized spacial score (nSPS) is 20.4. The fourth-order valence-electron chi connectivity index (χ4n) is 2.07. The van der Waals surface area contributed by atoms with E-state index in [0.717, 1.165) is 18.6 Å². The Morgan fingerprint density at radius 3 is 3.00 bits per heavy atom. The number of hydrogen-bond donors (Lipinski definition) is 1. The van der Waals surface area contributed by atoms with Crippen LogP contribution in [0.5, 0.6) is 5.75 Å². The van der Waals surface area contributed by atoms with Crippen LogP contribution in [0.3, 0.4) is 0 Å². The zero-order chi connectivity index (χ0) is 10.1. The minimum absolute atomic E-state index is 0.197. The van der Waals surface area contributed by atoms with E-state index in [4.69, 9.17) is 10.5 Å². The molecule has 1 aromatic rings. The van der Waals surface area contributed by atoms with Gasteiger partial charge in [0.15, 0.2) is 0 Å². The van der Waals surface area contributed by atoms with Crippen LogP contribution in [0.4, 0.5) is 0 Å². The zero-order valence-electron chi connectivity index (χ0n) is 8.22. The third-order valence-corrected chi connectivity index (χ3v) is 3.39. The summed E-state index contributed by atoms with van der Waals surface area (Å²) in [4.78, 5) is 0. The van der Waals surface area contributed by atoms with Gasteiger partial charge in [-0.15, -0.1) is 0 Å². The molecule has 2 rings (SSSR count). The van der Waals surface area contributed by atoms with Gasteiger partial charge < -0.3 is 10.5 Å². The highest BCUT2D eigenvalue weighted by Crippen LogP contribution is 2.35. The minimum Gasteiger partial charge on any atom is -0.496 e. The maximum absolute atomic E-state index is 6.08. The highest BCUT2D eigenvalue weighted by molar-refractivity contribution is 14.1. The lowest BCUT2D eigenvalue weighted by molar-refractivity contribution is 0.403. The summed E-state index contributed by atoms with van der Waals surface area (Å²) in [5.41, 5.74) is 8.67. The Labute approximate surface area is 98.0 Å². The molecule has 3 heteroatoms. The average Bonchev–Trinajstić information content (AvgIpc) is 2.18. The van der Waals surface area contributed by atoms with Crippen LogP contribution in [-0.4, -0.2) is 7.11 Å². The van der Waals surface area contributed by atoms with Crippen LogP contribution in [-0.2, 0) is 6.42 Å². The highest BCUT2D eigenvalue weighted by Gasteiger charge is 2.20. The number of hydrogen-bond acceptors (Lipinski definition) is 2. The number of rotatable bonds is 1. The Morgan fingerprint density at radius 1 is 1.50 bits per heavy atom. The molecule has 1 aliphatic rings. The van der Waals surface area contributed by atoms with E-state index >= 15 is 0 Å². The van der Waals surface area contributed by atoms with Crippen molar-refractivity contribution in [2.75, 3.05) is 7.11 Å². The van der Waals surface area contributed by atoms with Crippen LogP contribution in [0.15, 0.2) is 12.1 Å². The first-order chi connectivity index (χ1) is 6.72. The molecule has 14 heavy (non-hydrogen) atoms. The SMILES string of the molecule is COc1cc(I)cc2c1CCC[C@@H]2N. The molecule has 0 saturated heterocycles. The summed E-state index contributed by atoms with van der Waals surface area (Å²) >= 11 is 2.31. The van der Waals surface area contributed by atoms with Gasteiger partial charge in [-0.1, -0.05) is 0 Å². The van der Waals surface area contributed by atoms with Crippen molar-refractivity contribution in [1.82, 2.24) is 0 Å². The first kappa shape index (κ1) is 10.2. The fraction of sp³-hybridized carbons (Fsp3) is 0.455. The van der Waals surface area contributed by atoms with E-state index < -0.39 is 0 Å². The van der Waals surface area contributed by atoms with Gasteiger partial charge in [-0.05, 0) is 65.1 Å². The maximum atomic E-state index is 6.08. The first-order valence-corrected chi connectivity index (χ1v) is 5.92. The van der Waals surface area contributed by atoms with Crippen LogP contribution in [0.2, 0.25) is 0 Å². The van der Waals surface area contributed by atoms with E-state index in [-0.39, 0.29) is 6.04 Å². The third kappa shape index (κ3) is 1.75. The van der Waals surface area contributed by atoms with E-state index in [0.29, 0.717) is 0 Å².